The Labute approximate surface area is 117 Å². The van der Waals surface area contributed by atoms with Crippen LogP contribution in [0.5, 0.6) is 5.75 Å². The molecular formula is C14H22NO3P. The topological polar surface area (TPSA) is 39.7 Å². The number of hydrogen-bond donors (Lipinski definition) is 1. The zero-order chi connectivity index (χ0) is 13.5. The van der Waals surface area contributed by atoms with Gasteiger partial charge in [0.05, 0.1) is 19.8 Å². The Kier molecular flexibility index (Phi) is 6.05. The van der Waals surface area contributed by atoms with Crippen molar-refractivity contribution in [1.82, 2.24) is 5.09 Å². The normalized spacial score (nSPS) is 23.3. The fraction of sp³-hybridized carbons (Fsp3) is 0.571. The van der Waals surface area contributed by atoms with Crippen LogP contribution in [-0.2, 0) is 9.47 Å². The first-order chi connectivity index (χ1) is 9.33. The Bertz CT molecular complexity index is 371. The lowest BCUT2D eigenvalue weighted by molar-refractivity contribution is -0.218. The van der Waals surface area contributed by atoms with E-state index in [1.54, 1.807) is 7.11 Å². The molecule has 1 aromatic carbocycles. The van der Waals surface area contributed by atoms with Crippen molar-refractivity contribution in [1.29, 1.82) is 0 Å². The van der Waals surface area contributed by atoms with Crippen molar-refractivity contribution in [3.05, 3.63) is 29.8 Å². The molecule has 4 nitrogen and oxygen atoms in total. The Morgan fingerprint density at radius 2 is 2.16 bits per heavy atom. The monoisotopic (exact) mass is 283 g/mol. The van der Waals surface area contributed by atoms with Crippen LogP contribution >= 0.6 is 9.39 Å². The molecule has 2 rings (SSSR count). The van der Waals surface area contributed by atoms with E-state index in [-0.39, 0.29) is 6.29 Å². The first-order valence-corrected chi connectivity index (χ1v) is 7.25. The van der Waals surface area contributed by atoms with Gasteiger partial charge in [0.1, 0.15) is 5.75 Å². The summed E-state index contributed by atoms with van der Waals surface area (Å²) in [5.74, 6) is 0.850. The quantitative estimate of drug-likeness (QED) is 0.643. The maximum atomic E-state index is 5.99. The largest absolute Gasteiger partial charge is 0.497 e. The van der Waals surface area contributed by atoms with E-state index in [0.717, 1.165) is 43.7 Å². The molecule has 0 aromatic heterocycles. The zero-order valence-corrected chi connectivity index (χ0v) is 12.5. The van der Waals surface area contributed by atoms with E-state index >= 15 is 0 Å². The molecule has 0 aliphatic carbocycles. The smallest absolute Gasteiger partial charge is 0.184 e. The molecule has 1 N–H and O–H groups in total. The number of nitrogens with one attached hydrogen (secondary N) is 1. The molecule has 0 amide bonds. The standard InChI is InChI=1S/C14H22NO3P/c1-16-12-6-4-11(5-7-12)14-17-10-8-13(18-14)3-2-9-15-19/h4-7,13-15H,2-3,8-10,19H2,1H3. The van der Waals surface area contributed by atoms with Crippen molar-refractivity contribution in [2.75, 3.05) is 20.3 Å². The highest BCUT2D eigenvalue weighted by Gasteiger charge is 2.23. The van der Waals surface area contributed by atoms with Gasteiger partial charge in [-0.3, -0.25) is 0 Å². The first kappa shape index (κ1) is 14.7. The average Bonchev–Trinajstić information content (AvgIpc) is 2.48. The minimum absolute atomic E-state index is 0.242. The SMILES string of the molecule is COc1ccc(C2OCCC(CCCNP)O2)cc1. The van der Waals surface area contributed by atoms with Crippen LogP contribution in [0.15, 0.2) is 24.3 Å². The summed E-state index contributed by atoms with van der Waals surface area (Å²) < 4.78 is 16.8. The molecule has 1 aromatic rings. The Morgan fingerprint density at radius 1 is 1.37 bits per heavy atom. The fourth-order valence-electron chi connectivity index (χ4n) is 2.17. The third-order valence-electron chi connectivity index (χ3n) is 3.26. The van der Waals surface area contributed by atoms with E-state index in [0.29, 0.717) is 6.10 Å². The second kappa shape index (κ2) is 7.81. The molecule has 0 saturated carbocycles. The summed E-state index contributed by atoms with van der Waals surface area (Å²) in [6.07, 6.45) is 3.21. The predicted octanol–water partition coefficient (Wildman–Crippen LogP) is 2.66. The van der Waals surface area contributed by atoms with Crippen LogP contribution in [0.1, 0.15) is 31.1 Å². The molecule has 3 atom stereocenters. The van der Waals surface area contributed by atoms with Crippen molar-refractivity contribution in [2.24, 2.45) is 0 Å². The highest BCUT2D eigenvalue weighted by atomic mass is 31.0. The molecule has 1 fully saturated rings. The lowest BCUT2D eigenvalue weighted by Gasteiger charge is -2.30. The second-order valence-corrected chi connectivity index (χ2v) is 5.03. The molecule has 5 heteroatoms. The minimum Gasteiger partial charge on any atom is -0.497 e. The molecule has 1 aliphatic rings. The molecule has 1 aliphatic heterocycles. The third kappa shape index (κ3) is 4.43. The van der Waals surface area contributed by atoms with E-state index in [1.165, 1.54) is 0 Å². The maximum absolute atomic E-state index is 5.99. The van der Waals surface area contributed by atoms with Crippen LogP contribution in [0.4, 0.5) is 0 Å². The summed E-state index contributed by atoms with van der Waals surface area (Å²) in [5.41, 5.74) is 1.05. The van der Waals surface area contributed by atoms with Crippen molar-refractivity contribution in [3.63, 3.8) is 0 Å². The van der Waals surface area contributed by atoms with Gasteiger partial charge < -0.3 is 19.3 Å². The first-order valence-electron chi connectivity index (χ1n) is 6.68. The second-order valence-electron chi connectivity index (χ2n) is 4.62. The van der Waals surface area contributed by atoms with Gasteiger partial charge in [0.2, 0.25) is 0 Å². The number of hydrogen-bond acceptors (Lipinski definition) is 4. The van der Waals surface area contributed by atoms with E-state index in [2.05, 4.69) is 14.5 Å². The lowest BCUT2D eigenvalue weighted by atomic mass is 10.1. The molecule has 1 saturated heterocycles. The van der Waals surface area contributed by atoms with Crippen molar-refractivity contribution >= 4 is 9.39 Å². The summed E-state index contributed by atoms with van der Waals surface area (Å²) in [6.45, 7) is 1.76. The van der Waals surface area contributed by atoms with Gasteiger partial charge in [-0.1, -0.05) is 21.5 Å². The van der Waals surface area contributed by atoms with Crippen LogP contribution in [0, 0.1) is 0 Å². The Morgan fingerprint density at radius 3 is 2.84 bits per heavy atom. The molecule has 3 unspecified atom stereocenters. The van der Waals surface area contributed by atoms with Gasteiger partial charge in [0.15, 0.2) is 6.29 Å². The van der Waals surface area contributed by atoms with Crippen LogP contribution in [0.25, 0.3) is 0 Å². The number of benzene rings is 1. The van der Waals surface area contributed by atoms with Gasteiger partial charge in [-0.25, -0.2) is 0 Å². The maximum Gasteiger partial charge on any atom is 0.184 e. The summed E-state index contributed by atoms with van der Waals surface area (Å²) in [4.78, 5) is 0. The van der Waals surface area contributed by atoms with Gasteiger partial charge in [-0.2, -0.15) is 0 Å². The molecule has 19 heavy (non-hydrogen) atoms. The van der Waals surface area contributed by atoms with Crippen LogP contribution in [0.3, 0.4) is 0 Å². The average molecular weight is 283 g/mol. The van der Waals surface area contributed by atoms with E-state index in [1.807, 2.05) is 24.3 Å². The molecule has 0 spiro atoms. The lowest BCUT2D eigenvalue weighted by Crippen LogP contribution is -2.27. The van der Waals surface area contributed by atoms with Crippen molar-refractivity contribution in [3.8, 4) is 5.75 Å². The van der Waals surface area contributed by atoms with Crippen molar-refractivity contribution < 1.29 is 14.2 Å². The molecule has 0 bridgehead atoms. The van der Waals surface area contributed by atoms with Gasteiger partial charge in [-0.05, 0) is 37.9 Å². The van der Waals surface area contributed by atoms with E-state index < -0.39 is 0 Å². The third-order valence-corrected chi connectivity index (χ3v) is 3.55. The van der Waals surface area contributed by atoms with Gasteiger partial charge in [0.25, 0.3) is 0 Å². The van der Waals surface area contributed by atoms with Gasteiger partial charge in [-0.15, -0.1) is 0 Å². The van der Waals surface area contributed by atoms with Crippen LogP contribution in [-0.4, -0.2) is 26.4 Å². The highest BCUT2D eigenvalue weighted by molar-refractivity contribution is 7.13. The molecule has 1 heterocycles. The Hall–Kier alpha value is -0.670. The number of methoxy groups -OCH3 is 1. The van der Waals surface area contributed by atoms with E-state index in [9.17, 15) is 0 Å². The highest BCUT2D eigenvalue weighted by Crippen LogP contribution is 2.29. The Balaban J connectivity index is 1.88. The zero-order valence-electron chi connectivity index (χ0n) is 11.3. The molecule has 0 radical (unpaired) electrons. The summed E-state index contributed by atoms with van der Waals surface area (Å²) in [7, 11) is 4.19. The van der Waals surface area contributed by atoms with Gasteiger partial charge in [0, 0.05) is 5.56 Å². The summed E-state index contributed by atoms with van der Waals surface area (Å²) >= 11 is 0. The predicted molar refractivity (Wildman–Crippen MR) is 78.1 cm³/mol. The fourth-order valence-corrected chi connectivity index (χ4v) is 2.37. The van der Waals surface area contributed by atoms with Crippen LogP contribution < -0.4 is 9.82 Å². The summed E-state index contributed by atoms with van der Waals surface area (Å²) in [5, 5.41) is 3.08. The number of ether oxygens (including phenoxy) is 3. The molecular weight excluding hydrogens is 261 g/mol. The minimum atomic E-state index is -0.242. The van der Waals surface area contributed by atoms with Crippen molar-refractivity contribution in [2.45, 2.75) is 31.7 Å². The van der Waals surface area contributed by atoms with Gasteiger partial charge >= 0.3 is 0 Å². The van der Waals surface area contributed by atoms with E-state index in [4.69, 9.17) is 14.2 Å². The molecule has 106 valence electrons. The van der Waals surface area contributed by atoms with Crippen LogP contribution in [0.2, 0.25) is 0 Å². The number of rotatable bonds is 6. The summed E-state index contributed by atoms with van der Waals surface area (Å²) in [6, 6.07) is 7.86.